The summed E-state index contributed by atoms with van der Waals surface area (Å²) in [4.78, 5) is 19.5. The molecular weight excluding hydrogens is 696 g/mol. The van der Waals surface area contributed by atoms with Crippen molar-refractivity contribution in [1.82, 2.24) is 24.5 Å². The zero-order chi connectivity index (χ0) is 39.3. The average Bonchev–Trinajstić information content (AvgIpc) is 3.91. The molecule has 57 heavy (non-hydrogen) atoms. The molecular formula is C49H43B2N5O. The lowest BCUT2D eigenvalue weighted by atomic mass is 9.80. The smallest absolute Gasteiger partial charge is 0.182 e. The molecule has 0 aliphatic heterocycles. The van der Waals surface area contributed by atoms with Gasteiger partial charge >= 0.3 is 0 Å². The molecule has 6 nitrogen and oxygen atoms in total. The Labute approximate surface area is 334 Å². The van der Waals surface area contributed by atoms with Gasteiger partial charge in [0.05, 0.1) is 11.0 Å². The summed E-state index contributed by atoms with van der Waals surface area (Å²) in [6, 6.07) is 36.9. The standard InChI is InChI=1S/C49H43B2N5O/c1-30(13-12-24-50-5)46-53-47(32-14-8-7-9-15-32)55-48(54-46)35(28-51-6)25-31(2)56-42-17-11-10-16-36(42)38-26-33(19-23-43(38)56)34-18-20-37-40(27-34)49(3,4)39-21-22-41-45(44(37)39)57-29-52-41/h7-29,50-51H,1-6H3/b24-12-,30-13+,31-25+,35-28+. The Morgan fingerprint density at radius 2 is 1.47 bits per heavy atom. The lowest BCUT2D eigenvalue weighted by Crippen LogP contribution is -2.14. The molecule has 0 amide bonds. The molecule has 5 aromatic carbocycles. The van der Waals surface area contributed by atoms with Crippen LogP contribution in [0.2, 0.25) is 13.6 Å². The summed E-state index contributed by atoms with van der Waals surface area (Å²) in [6.45, 7) is 13.1. The van der Waals surface area contributed by atoms with Gasteiger partial charge in [-0.15, -0.1) is 12.0 Å². The summed E-state index contributed by atoms with van der Waals surface area (Å²) in [5.41, 5.74) is 15.2. The van der Waals surface area contributed by atoms with E-state index in [-0.39, 0.29) is 5.41 Å². The zero-order valence-corrected chi connectivity index (χ0v) is 33.3. The van der Waals surface area contributed by atoms with E-state index >= 15 is 0 Å². The summed E-state index contributed by atoms with van der Waals surface area (Å²) in [7, 11) is 1.80. The third-order valence-corrected chi connectivity index (χ3v) is 11.3. The van der Waals surface area contributed by atoms with Gasteiger partial charge in [-0.1, -0.05) is 112 Å². The Morgan fingerprint density at radius 3 is 2.30 bits per heavy atom. The summed E-state index contributed by atoms with van der Waals surface area (Å²) < 4.78 is 8.28. The van der Waals surface area contributed by atoms with E-state index in [1.54, 1.807) is 6.39 Å². The molecule has 0 N–H and O–H groups in total. The molecule has 8 heteroatoms. The van der Waals surface area contributed by atoms with Gasteiger partial charge in [-0.05, 0) is 83.6 Å². The second-order valence-corrected chi connectivity index (χ2v) is 15.4. The number of para-hydroxylation sites is 1. The monoisotopic (exact) mass is 739 g/mol. The van der Waals surface area contributed by atoms with E-state index in [4.69, 9.17) is 19.4 Å². The van der Waals surface area contributed by atoms with Crippen molar-refractivity contribution >= 4 is 64.3 Å². The van der Waals surface area contributed by atoms with Gasteiger partial charge in [0.2, 0.25) is 0 Å². The van der Waals surface area contributed by atoms with Gasteiger partial charge in [0.15, 0.2) is 29.4 Å². The summed E-state index contributed by atoms with van der Waals surface area (Å²) >= 11 is 0. The van der Waals surface area contributed by atoms with Crippen molar-refractivity contribution in [2.45, 2.75) is 46.8 Å². The Balaban J connectivity index is 1.15. The molecule has 1 aliphatic carbocycles. The van der Waals surface area contributed by atoms with Crippen LogP contribution in [-0.4, -0.2) is 39.1 Å². The van der Waals surface area contributed by atoms with E-state index in [0.29, 0.717) is 17.5 Å². The molecule has 0 unspecified atom stereocenters. The molecule has 0 spiro atoms. The normalized spacial score (nSPS) is 14.2. The molecule has 9 rings (SSSR count). The maximum atomic E-state index is 5.92. The lowest BCUT2D eigenvalue weighted by molar-refractivity contribution is 0.601. The Kier molecular flexibility index (Phi) is 9.20. The van der Waals surface area contributed by atoms with Gasteiger partial charge in [0.25, 0.3) is 0 Å². The van der Waals surface area contributed by atoms with Crippen LogP contribution < -0.4 is 0 Å². The molecule has 276 valence electrons. The Morgan fingerprint density at radius 1 is 0.719 bits per heavy atom. The molecule has 0 atom stereocenters. The Hall–Kier alpha value is -6.53. The number of aromatic nitrogens is 5. The highest BCUT2D eigenvalue weighted by Crippen LogP contribution is 2.52. The highest BCUT2D eigenvalue weighted by molar-refractivity contribution is 6.42. The number of oxazole rings is 1. The van der Waals surface area contributed by atoms with Crippen molar-refractivity contribution in [2.24, 2.45) is 0 Å². The van der Waals surface area contributed by atoms with Crippen molar-refractivity contribution in [3.8, 4) is 33.6 Å². The molecule has 0 bridgehead atoms. The highest BCUT2D eigenvalue weighted by Gasteiger charge is 2.37. The van der Waals surface area contributed by atoms with Crippen LogP contribution >= 0.6 is 0 Å². The fourth-order valence-electron chi connectivity index (χ4n) is 8.40. The first-order chi connectivity index (χ1) is 27.8. The number of hydrogen-bond donors (Lipinski definition) is 0. The van der Waals surface area contributed by atoms with E-state index < -0.39 is 0 Å². The number of rotatable bonds is 9. The highest BCUT2D eigenvalue weighted by atomic mass is 16.3. The van der Waals surface area contributed by atoms with Crippen LogP contribution in [-0.2, 0) is 5.41 Å². The predicted octanol–water partition coefficient (Wildman–Crippen LogP) is 11.5. The van der Waals surface area contributed by atoms with E-state index in [1.807, 2.05) is 30.3 Å². The molecule has 8 aromatic rings. The molecule has 3 heterocycles. The van der Waals surface area contributed by atoms with Gasteiger partial charge < -0.3 is 8.98 Å². The van der Waals surface area contributed by atoms with Crippen LogP contribution in [0.4, 0.5) is 0 Å². The quantitative estimate of drug-likeness (QED) is 0.109. The number of nitrogens with zero attached hydrogens (tertiary/aromatic N) is 5. The van der Waals surface area contributed by atoms with Crippen LogP contribution in [0.15, 0.2) is 144 Å². The fraction of sp³-hybridized carbons (Fsp3) is 0.143. The fourth-order valence-corrected chi connectivity index (χ4v) is 8.40. The van der Waals surface area contributed by atoms with E-state index in [0.717, 1.165) is 64.7 Å². The molecule has 0 saturated heterocycles. The maximum absolute atomic E-state index is 5.92. The average molecular weight is 740 g/mol. The van der Waals surface area contributed by atoms with Crippen LogP contribution in [0, 0.1) is 0 Å². The number of allylic oxidation sites excluding steroid dienone is 6. The predicted molar refractivity (Wildman–Crippen MR) is 242 cm³/mol. The second-order valence-electron chi connectivity index (χ2n) is 15.4. The van der Waals surface area contributed by atoms with Crippen molar-refractivity contribution < 1.29 is 4.42 Å². The van der Waals surface area contributed by atoms with E-state index in [2.05, 4.69) is 154 Å². The molecule has 0 fully saturated rings. The topological polar surface area (TPSA) is 69.6 Å². The minimum atomic E-state index is -0.171. The Bertz CT molecular complexity index is 2980. The van der Waals surface area contributed by atoms with Crippen LogP contribution in [0.3, 0.4) is 0 Å². The molecule has 0 saturated carbocycles. The van der Waals surface area contributed by atoms with E-state index in [9.17, 15) is 0 Å². The van der Waals surface area contributed by atoms with E-state index in [1.165, 1.54) is 38.6 Å². The van der Waals surface area contributed by atoms with Crippen molar-refractivity contribution in [3.63, 3.8) is 0 Å². The molecule has 0 radical (unpaired) electrons. The first-order valence-electron chi connectivity index (χ1n) is 19.9. The van der Waals surface area contributed by atoms with Crippen molar-refractivity contribution in [1.29, 1.82) is 0 Å². The third kappa shape index (κ3) is 6.26. The molecule has 3 aromatic heterocycles. The van der Waals surface area contributed by atoms with Gasteiger partial charge in [-0.25, -0.2) is 19.9 Å². The number of benzene rings is 5. The molecule has 1 aliphatic rings. The number of fused-ring (bicyclic) bond motifs is 8. The van der Waals surface area contributed by atoms with Crippen molar-refractivity contribution in [2.75, 3.05) is 0 Å². The van der Waals surface area contributed by atoms with Crippen LogP contribution in [0.1, 0.15) is 50.5 Å². The van der Waals surface area contributed by atoms with Gasteiger partial charge in [-0.3, -0.25) is 0 Å². The first-order valence-corrected chi connectivity index (χ1v) is 19.9. The van der Waals surface area contributed by atoms with Crippen LogP contribution in [0.25, 0.3) is 83.4 Å². The van der Waals surface area contributed by atoms with Crippen molar-refractivity contribution in [3.05, 3.63) is 162 Å². The summed E-state index contributed by atoms with van der Waals surface area (Å²) in [5, 5.41) is 2.41. The minimum absolute atomic E-state index is 0.171. The van der Waals surface area contributed by atoms with Crippen LogP contribution in [0.5, 0.6) is 0 Å². The number of hydrogen-bond acceptors (Lipinski definition) is 5. The van der Waals surface area contributed by atoms with Gasteiger partial charge in [0.1, 0.15) is 20.1 Å². The largest absolute Gasteiger partial charge is 0.443 e. The van der Waals surface area contributed by atoms with Gasteiger partial charge in [-0.2, -0.15) is 0 Å². The van der Waals surface area contributed by atoms with Gasteiger partial charge in [0, 0.05) is 38.6 Å². The summed E-state index contributed by atoms with van der Waals surface area (Å²) in [5.74, 6) is 6.32. The third-order valence-electron chi connectivity index (χ3n) is 11.3. The SMILES string of the molecule is CB/C=C\C=C(/C)c1nc(C(=C/BC)/C=C(\C)n2c3ccccc3c3cc(-c4ccc5c(c4)C(C)(C)c4ccc6ncoc6c4-5)ccc32)nc(-c2ccccc2)n1. The minimum Gasteiger partial charge on any atom is -0.443 e. The summed E-state index contributed by atoms with van der Waals surface area (Å²) in [6.07, 6.45) is 7.91. The zero-order valence-electron chi connectivity index (χ0n) is 33.3. The maximum Gasteiger partial charge on any atom is 0.182 e. The lowest BCUT2D eigenvalue weighted by Gasteiger charge is -2.22. The second kappa shape index (κ2) is 14.5. The first kappa shape index (κ1) is 36.1.